The van der Waals surface area contributed by atoms with E-state index in [1.54, 1.807) is 0 Å². The third kappa shape index (κ3) is 3.24. The quantitative estimate of drug-likeness (QED) is 0.850. The summed E-state index contributed by atoms with van der Waals surface area (Å²) in [6, 6.07) is 2.18. The Labute approximate surface area is 128 Å². The van der Waals surface area contributed by atoms with Crippen molar-refractivity contribution in [3.8, 4) is 0 Å². The second kappa shape index (κ2) is 6.15. The predicted molar refractivity (Wildman–Crippen MR) is 86.7 cm³/mol. The molecule has 1 unspecified atom stereocenters. The number of aryl methyl sites for hydroxylation is 1. The molecule has 1 aliphatic rings. The molecule has 0 aromatic carbocycles. The minimum atomic E-state index is 0.172. The van der Waals surface area contributed by atoms with Gasteiger partial charge in [0.2, 0.25) is 0 Å². The molecule has 1 aliphatic heterocycles. The molecule has 0 bridgehead atoms. The van der Waals surface area contributed by atoms with E-state index in [1.807, 2.05) is 12.3 Å². The van der Waals surface area contributed by atoms with Gasteiger partial charge in [-0.1, -0.05) is 12.2 Å². The van der Waals surface area contributed by atoms with Gasteiger partial charge in [-0.25, -0.2) is 4.98 Å². The molecular weight excluding hydrogens is 324 g/mol. The molecule has 19 heavy (non-hydrogen) atoms. The van der Waals surface area contributed by atoms with Crippen LogP contribution in [0.5, 0.6) is 0 Å². The SMILES string of the molecule is Cc1ccnc(N2CCN(C(C)C(N)=S)CC2)c1Br. The van der Waals surface area contributed by atoms with Crippen molar-refractivity contribution in [1.82, 2.24) is 9.88 Å². The monoisotopic (exact) mass is 342 g/mol. The van der Waals surface area contributed by atoms with Gasteiger partial charge in [-0.3, -0.25) is 4.90 Å². The molecule has 1 atom stereocenters. The zero-order chi connectivity index (χ0) is 14.0. The van der Waals surface area contributed by atoms with E-state index in [0.717, 1.165) is 36.5 Å². The van der Waals surface area contributed by atoms with Crippen molar-refractivity contribution in [2.75, 3.05) is 31.1 Å². The summed E-state index contributed by atoms with van der Waals surface area (Å²) in [5.41, 5.74) is 6.92. The lowest BCUT2D eigenvalue weighted by Gasteiger charge is -2.38. The standard InChI is InChI=1S/C13H19BrN4S/c1-9-3-4-16-13(11(9)14)18-7-5-17(6-8-18)10(2)12(15)19/h3-4,10H,5-8H2,1-2H3,(H2,15,19). The number of thiocarbonyl (C=S) groups is 1. The lowest BCUT2D eigenvalue weighted by Crippen LogP contribution is -2.53. The fourth-order valence-electron chi connectivity index (χ4n) is 2.25. The van der Waals surface area contributed by atoms with Crippen LogP contribution >= 0.6 is 28.1 Å². The van der Waals surface area contributed by atoms with E-state index in [0.29, 0.717) is 4.99 Å². The Bertz CT molecular complexity index is 472. The van der Waals surface area contributed by atoms with Crippen LogP contribution in [0.2, 0.25) is 0 Å². The minimum absolute atomic E-state index is 0.172. The zero-order valence-electron chi connectivity index (χ0n) is 11.3. The van der Waals surface area contributed by atoms with Gasteiger partial charge < -0.3 is 10.6 Å². The van der Waals surface area contributed by atoms with E-state index in [2.05, 4.69) is 44.6 Å². The van der Waals surface area contributed by atoms with Crippen LogP contribution in [0.1, 0.15) is 12.5 Å². The number of anilines is 1. The molecule has 0 saturated carbocycles. The first-order chi connectivity index (χ1) is 9.00. The van der Waals surface area contributed by atoms with Crippen molar-refractivity contribution in [1.29, 1.82) is 0 Å². The van der Waals surface area contributed by atoms with Crippen molar-refractivity contribution >= 4 is 39.0 Å². The number of hydrogen-bond donors (Lipinski definition) is 1. The molecule has 1 aromatic heterocycles. The van der Waals surface area contributed by atoms with Crippen LogP contribution in [-0.4, -0.2) is 47.1 Å². The highest BCUT2D eigenvalue weighted by Gasteiger charge is 2.24. The number of pyridine rings is 1. The Hall–Kier alpha value is -0.720. The normalized spacial score (nSPS) is 18.4. The van der Waals surface area contributed by atoms with E-state index >= 15 is 0 Å². The number of nitrogens with two attached hydrogens (primary N) is 1. The van der Waals surface area contributed by atoms with Gasteiger partial charge >= 0.3 is 0 Å². The fourth-order valence-corrected chi connectivity index (χ4v) is 2.88. The van der Waals surface area contributed by atoms with Crippen LogP contribution in [0.4, 0.5) is 5.82 Å². The van der Waals surface area contributed by atoms with Crippen LogP contribution in [0.3, 0.4) is 0 Å². The zero-order valence-corrected chi connectivity index (χ0v) is 13.7. The fraction of sp³-hybridized carbons (Fsp3) is 0.538. The summed E-state index contributed by atoms with van der Waals surface area (Å²) in [5, 5.41) is 0. The summed E-state index contributed by atoms with van der Waals surface area (Å²) in [4.78, 5) is 9.68. The average molecular weight is 343 g/mol. The maximum Gasteiger partial charge on any atom is 0.143 e. The summed E-state index contributed by atoms with van der Waals surface area (Å²) in [6.07, 6.45) is 1.86. The van der Waals surface area contributed by atoms with Crippen molar-refractivity contribution in [2.24, 2.45) is 5.73 Å². The predicted octanol–water partition coefficient (Wildman–Crippen LogP) is 1.95. The number of rotatable bonds is 3. The summed E-state index contributed by atoms with van der Waals surface area (Å²) >= 11 is 8.69. The minimum Gasteiger partial charge on any atom is -0.392 e. The highest BCUT2D eigenvalue weighted by Crippen LogP contribution is 2.27. The maximum absolute atomic E-state index is 5.71. The summed E-state index contributed by atoms with van der Waals surface area (Å²) in [5.74, 6) is 1.03. The van der Waals surface area contributed by atoms with Gasteiger partial charge in [0.25, 0.3) is 0 Å². The van der Waals surface area contributed by atoms with Gasteiger partial charge in [0.05, 0.1) is 15.5 Å². The first-order valence-corrected chi connectivity index (χ1v) is 7.60. The third-order valence-electron chi connectivity index (χ3n) is 3.64. The molecule has 6 heteroatoms. The van der Waals surface area contributed by atoms with E-state index in [4.69, 9.17) is 18.0 Å². The van der Waals surface area contributed by atoms with Crippen molar-refractivity contribution in [3.05, 3.63) is 22.3 Å². The van der Waals surface area contributed by atoms with Gasteiger partial charge in [-0.2, -0.15) is 0 Å². The van der Waals surface area contributed by atoms with Gasteiger partial charge in [-0.05, 0) is 41.4 Å². The van der Waals surface area contributed by atoms with E-state index in [1.165, 1.54) is 5.56 Å². The summed E-state index contributed by atoms with van der Waals surface area (Å²) in [7, 11) is 0. The molecule has 0 radical (unpaired) electrons. The number of hydrogen-bond acceptors (Lipinski definition) is 4. The molecule has 1 fully saturated rings. The van der Waals surface area contributed by atoms with Gasteiger partial charge in [0.1, 0.15) is 5.82 Å². The first kappa shape index (κ1) is 14.7. The second-order valence-corrected chi connectivity index (χ2v) is 6.13. The van der Waals surface area contributed by atoms with Gasteiger partial charge in [-0.15, -0.1) is 0 Å². The van der Waals surface area contributed by atoms with Gasteiger partial charge in [0, 0.05) is 32.4 Å². The molecule has 0 aliphatic carbocycles. The molecule has 0 spiro atoms. The number of halogens is 1. The average Bonchev–Trinajstić information content (AvgIpc) is 2.41. The number of aromatic nitrogens is 1. The van der Waals surface area contributed by atoms with E-state index in [9.17, 15) is 0 Å². The lowest BCUT2D eigenvalue weighted by molar-refractivity contribution is 0.238. The second-order valence-electron chi connectivity index (χ2n) is 4.87. The van der Waals surface area contributed by atoms with Crippen molar-refractivity contribution in [3.63, 3.8) is 0 Å². The Morgan fingerprint density at radius 1 is 1.42 bits per heavy atom. The van der Waals surface area contributed by atoms with Crippen molar-refractivity contribution < 1.29 is 0 Å². The molecule has 1 saturated heterocycles. The number of piperazine rings is 1. The highest BCUT2D eigenvalue weighted by atomic mass is 79.9. The first-order valence-electron chi connectivity index (χ1n) is 6.40. The Kier molecular flexibility index (Phi) is 4.76. The van der Waals surface area contributed by atoms with Crippen LogP contribution < -0.4 is 10.6 Å². The summed E-state index contributed by atoms with van der Waals surface area (Å²) in [6.45, 7) is 7.96. The number of nitrogens with zero attached hydrogens (tertiary/aromatic N) is 3. The lowest BCUT2D eigenvalue weighted by atomic mass is 10.2. The van der Waals surface area contributed by atoms with E-state index < -0.39 is 0 Å². The smallest absolute Gasteiger partial charge is 0.143 e. The Morgan fingerprint density at radius 3 is 2.63 bits per heavy atom. The molecule has 0 amide bonds. The van der Waals surface area contributed by atoms with E-state index in [-0.39, 0.29) is 6.04 Å². The molecule has 1 aromatic rings. The van der Waals surface area contributed by atoms with Crippen LogP contribution in [0, 0.1) is 6.92 Å². The Balaban J connectivity index is 2.04. The molecular formula is C13H19BrN4S. The highest BCUT2D eigenvalue weighted by molar-refractivity contribution is 9.10. The molecule has 104 valence electrons. The third-order valence-corrected chi connectivity index (χ3v) is 4.96. The molecule has 2 N–H and O–H groups in total. The molecule has 4 nitrogen and oxygen atoms in total. The van der Waals surface area contributed by atoms with Gasteiger partial charge in [0.15, 0.2) is 0 Å². The molecule has 2 heterocycles. The van der Waals surface area contributed by atoms with Crippen LogP contribution in [0.15, 0.2) is 16.7 Å². The Morgan fingerprint density at radius 2 is 2.05 bits per heavy atom. The molecule has 2 rings (SSSR count). The maximum atomic E-state index is 5.71. The topological polar surface area (TPSA) is 45.4 Å². The summed E-state index contributed by atoms with van der Waals surface area (Å²) < 4.78 is 1.09. The van der Waals surface area contributed by atoms with Crippen LogP contribution in [-0.2, 0) is 0 Å². The largest absolute Gasteiger partial charge is 0.392 e. The van der Waals surface area contributed by atoms with Crippen LogP contribution in [0.25, 0.3) is 0 Å². The van der Waals surface area contributed by atoms with Crippen molar-refractivity contribution in [2.45, 2.75) is 19.9 Å².